The summed E-state index contributed by atoms with van der Waals surface area (Å²) in [6.07, 6.45) is 10.7. The van der Waals surface area contributed by atoms with Gasteiger partial charge in [0.2, 0.25) is 0 Å². The zero-order valence-corrected chi connectivity index (χ0v) is 21.8. The molecule has 0 heterocycles. The maximum Gasteiger partial charge on any atom is 0.573 e. The van der Waals surface area contributed by atoms with E-state index in [1.807, 2.05) is 0 Å². The molecule has 0 spiro atoms. The Morgan fingerprint density at radius 2 is 1.08 bits per heavy atom. The summed E-state index contributed by atoms with van der Waals surface area (Å²) in [4.78, 5) is 0. The summed E-state index contributed by atoms with van der Waals surface area (Å²) in [6, 6.07) is 4.11. The largest absolute Gasteiger partial charge is 0.573 e. The van der Waals surface area contributed by atoms with Crippen LogP contribution in [0.1, 0.15) is 90.4 Å². The molecule has 7 heteroatoms. The van der Waals surface area contributed by atoms with E-state index in [0.29, 0.717) is 37.5 Å². The van der Waals surface area contributed by atoms with Gasteiger partial charge in [-0.2, -0.15) is 8.78 Å². The number of rotatable bonds is 8. The van der Waals surface area contributed by atoms with Gasteiger partial charge in [0, 0.05) is 0 Å². The Labute approximate surface area is 218 Å². The molecule has 3 fully saturated rings. The minimum absolute atomic E-state index is 0.171. The molecule has 1 aromatic carbocycles. The predicted molar refractivity (Wildman–Crippen MR) is 134 cm³/mol. The quantitative estimate of drug-likeness (QED) is 0.247. The molecule has 0 atom stereocenters. The highest BCUT2D eigenvalue weighted by molar-refractivity contribution is 5.31. The van der Waals surface area contributed by atoms with Crippen LogP contribution in [0.4, 0.5) is 22.0 Å². The number of hydrogen-bond donors (Lipinski definition) is 0. The average molecular weight is 529 g/mol. The Kier molecular flexibility index (Phi) is 9.44. The van der Waals surface area contributed by atoms with Crippen LogP contribution in [0.5, 0.6) is 11.5 Å². The maximum atomic E-state index is 14.8. The maximum absolute atomic E-state index is 14.8. The van der Waals surface area contributed by atoms with E-state index in [2.05, 4.69) is 23.8 Å². The highest BCUT2D eigenvalue weighted by Gasteiger charge is 2.44. The van der Waals surface area contributed by atoms with Crippen molar-refractivity contribution in [3.05, 3.63) is 36.4 Å². The van der Waals surface area contributed by atoms with Crippen molar-refractivity contribution in [1.82, 2.24) is 0 Å². The number of alkyl halides is 5. The van der Waals surface area contributed by atoms with Gasteiger partial charge in [0.25, 0.3) is 0 Å². The lowest BCUT2D eigenvalue weighted by atomic mass is 9.69. The van der Waals surface area contributed by atoms with Gasteiger partial charge in [-0.3, -0.25) is 0 Å². The minimum atomic E-state index is -4.83. The number of hydrogen-bond acceptors (Lipinski definition) is 2. The molecule has 0 amide bonds. The third-order valence-electron chi connectivity index (χ3n) is 9.17. The number of halogens is 5. The van der Waals surface area contributed by atoms with Gasteiger partial charge in [0.15, 0.2) is 0 Å². The molecular weight excluding hydrogens is 487 g/mol. The van der Waals surface area contributed by atoms with Crippen LogP contribution in [0.15, 0.2) is 36.4 Å². The molecule has 0 aliphatic heterocycles. The van der Waals surface area contributed by atoms with Crippen molar-refractivity contribution in [3.8, 4) is 11.5 Å². The Bertz CT molecular complexity index is 842. The Balaban J connectivity index is 1.17. The third kappa shape index (κ3) is 8.35. The molecule has 3 aliphatic carbocycles. The first-order valence-electron chi connectivity index (χ1n) is 14.2. The van der Waals surface area contributed by atoms with Gasteiger partial charge in [-0.25, -0.2) is 0 Å². The van der Waals surface area contributed by atoms with Crippen LogP contribution < -0.4 is 9.47 Å². The van der Waals surface area contributed by atoms with Crippen LogP contribution >= 0.6 is 0 Å². The van der Waals surface area contributed by atoms with Crippen LogP contribution in [0.25, 0.3) is 0 Å². The number of ether oxygens (including phenoxy) is 2. The van der Waals surface area contributed by atoms with Gasteiger partial charge in [0.05, 0.1) is 5.92 Å². The molecule has 3 saturated carbocycles. The Morgan fingerprint density at radius 1 is 0.649 bits per heavy atom. The van der Waals surface area contributed by atoms with Crippen molar-refractivity contribution in [2.45, 2.75) is 103 Å². The van der Waals surface area contributed by atoms with Crippen molar-refractivity contribution in [1.29, 1.82) is 0 Å². The summed E-state index contributed by atoms with van der Waals surface area (Å²) in [5, 5.41) is 0. The van der Waals surface area contributed by atoms with Crippen LogP contribution in [0.2, 0.25) is 0 Å². The van der Waals surface area contributed by atoms with Gasteiger partial charge in [-0.05, 0) is 118 Å². The molecular formula is C30H41F5O2. The molecule has 0 bridgehead atoms. The summed E-state index contributed by atoms with van der Waals surface area (Å²) >= 11 is 0. The fraction of sp³-hybridized carbons (Fsp3) is 0.733. The van der Waals surface area contributed by atoms with E-state index in [9.17, 15) is 22.0 Å². The first kappa shape index (κ1) is 28.2. The fourth-order valence-corrected chi connectivity index (χ4v) is 6.79. The second-order valence-electron chi connectivity index (χ2n) is 11.5. The lowest BCUT2D eigenvalue weighted by molar-refractivity contribution is -0.274. The summed E-state index contributed by atoms with van der Waals surface area (Å²) in [5.41, 5.74) is 0. The first-order chi connectivity index (χ1) is 17.6. The van der Waals surface area contributed by atoms with Gasteiger partial charge in [-0.15, -0.1) is 13.2 Å². The normalized spacial score (nSPS) is 31.8. The smallest absolute Gasteiger partial charge is 0.432 e. The van der Waals surface area contributed by atoms with Crippen molar-refractivity contribution in [2.75, 3.05) is 0 Å². The van der Waals surface area contributed by atoms with Crippen molar-refractivity contribution >= 4 is 0 Å². The summed E-state index contributed by atoms with van der Waals surface area (Å²) in [5.74, 6) is 2.18. The highest BCUT2D eigenvalue weighted by Crippen LogP contribution is 2.43. The molecule has 0 N–H and O–H groups in total. The number of benzene rings is 1. The van der Waals surface area contributed by atoms with E-state index in [0.717, 1.165) is 42.0 Å². The fourth-order valence-electron chi connectivity index (χ4n) is 6.79. The van der Waals surface area contributed by atoms with E-state index in [4.69, 9.17) is 4.74 Å². The summed E-state index contributed by atoms with van der Waals surface area (Å²) in [6.45, 7) is 2.32. The molecule has 2 nitrogen and oxygen atoms in total. The van der Waals surface area contributed by atoms with Gasteiger partial charge in [-0.1, -0.05) is 38.3 Å². The summed E-state index contributed by atoms with van der Waals surface area (Å²) < 4.78 is 75.0. The predicted octanol–water partition coefficient (Wildman–Crippen LogP) is 9.94. The molecule has 3 aliphatic rings. The van der Waals surface area contributed by atoms with Gasteiger partial charge in [0.1, 0.15) is 11.5 Å². The van der Waals surface area contributed by atoms with E-state index >= 15 is 0 Å². The molecule has 0 saturated heterocycles. The molecule has 37 heavy (non-hydrogen) atoms. The van der Waals surface area contributed by atoms with Crippen LogP contribution in [0.3, 0.4) is 0 Å². The number of allylic oxidation sites excluding steroid dienone is 2. The Morgan fingerprint density at radius 3 is 1.54 bits per heavy atom. The minimum Gasteiger partial charge on any atom is -0.432 e. The van der Waals surface area contributed by atoms with E-state index in [1.165, 1.54) is 57.8 Å². The lowest BCUT2D eigenvalue weighted by Gasteiger charge is -2.37. The topological polar surface area (TPSA) is 18.5 Å². The van der Waals surface area contributed by atoms with Crippen molar-refractivity contribution in [3.63, 3.8) is 0 Å². The van der Waals surface area contributed by atoms with Crippen molar-refractivity contribution in [2.24, 2.45) is 35.5 Å². The SMILES string of the molecule is CCC1CCC(C2CCC(/C=C/C3CCC(C(F)(F)Oc4ccc(OC(F)(F)F)cc4)CC3)CC2)CC1. The molecule has 208 valence electrons. The second kappa shape index (κ2) is 12.4. The zero-order chi connectivity index (χ0) is 26.5. The monoisotopic (exact) mass is 528 g/mol. The highest BCUT2D eigenvalue weighted by atomic mass is 19.4. The molecule has 0 aromatic heterocycles. The van der Waals surface area contributed by atoms with Gasteiger partial charge < -0.3 is 9.47 Å². The lowest BCUT2D eigenvalue weighted by Crippen LogP contribution is -2.37. The Hall–Kier alpha value is -1.79. The standard InChI is InChI=1S/C30H41F5O2/c1-2-21-5-11-24(12-6-21)25-13-7-22(8-14-25)3-4-23-9-15-26(16-10-23)29(31,32)36-27-17-19-28(20-18-27)37-30(33,34)35/h3-4,17-26H,2,5-16H2,1H3/b4-3+. The zero-order valence-electron chi connectivity index (χ0n) is 21.8. The molecule has 0 radical (unpaired) electrons. The van der Waals surface area contributed by atoms with E-state index in [1.54, 1.807) is 0 Å². The first-order valence-corrected chi connectivity index (χ1v) is 14.2. The van der Waals surface area contributed by atoms with Gasteiger partial charge >= 0.3 is 12.5 Å². The van der Waals surface area contributed by atoms with Crippen LogP contribution in [-0.4, -0.2) is 12.5 Å². The van der Waals surface area contributed by atoms with E-state index < -0.39 is 24.1 Å². The second-order valence-corrected chi connectivity index (χ2v) is 11.5. The molecule has 4 rings (SSSR count). The summed E-state index contributed by atoms with van der Waals surface area (Å²) in [7, 11) is 0. The van der Waals surface area contributed by atoms with E-state index in [-0.39, 0.29) is 5.75 Å². The molecule has 0 unspecified atom stereocenters. The van der Waals surface area contributed by atoms with Crippen LogP contribution in [-0.2, 0) is 0 Å². The average Bonchev–Trinajstić information content (AvgIpc) is 2.88. The van der Waals surface area contributed by atoms with Crippen molar-refractivity contribution < 1.29 is 31.4 Å². The third-order valence-corrected chi connectivity index (χ3v) is 9.17. The molecule has 1 aromatic rings. The van der Waals surface area contributed by atoms with Crippen LogP contribution in [0, 0.1) is 35.5 Å².